The molecule has 0 aliphatic carbocycles. The molecule has 2 aromatic heterocycles. The predicted molar refractivity (Wildman–Crippen MR) is 80.2 cm³/mol. The van der Waals surface area contributed by atoms with Gasteiger partial charge in [-0.3, -0.25) is 0 Å². The lowest BCUT2D eigenvalue weighted by Crippen LogP contribution is -1.93. The van der Waals surface area contributed by atoms with Gasteiger partial charge in [-0.1, -0.05) is 30.3 Å². The fourth-order valence-corrected chi connectivity index (χ4v) is 2.42. The van der Waals surface area contributed by atoms with Gasteiger partial charge in [0.1, 0.15) is 11.2 Å². The van der Waals surface area contributed by atoms with Crippen LogP contribution in [-0.4, -0.2) is 4.98 Å². The second kappa shape index (κ2) is 5.35. The quantitative estimate of drug-likeness (QED) is 0.602. The number of pyridine rings is 1. The van der Waals surface area contributed by atoms with Crippen molar-refractivity contribution in [1.82, 2.24) is 4.98 Å². The number of ether oxygens (including phenoxy) is 1. The zero-order chi connectivity index (χ0) is 13.2. The summed E-state index contributed by atoms with van der Waals surface area (Å²) in [6, 6.07) is 11.8. The molecule has 0 unspecified atom stereocenters. The molecule has 3 nitrogen and oxygen atoms in total. The standard InChI is InChI=1S/C14H9Br2NO2/c15-12-13-10(7-17-14(12)16)6-11(19-13)18-8-9-4-2-1-3-5-9/h1-7H,8H2. The van der Waals surface area contributed by atoms with Gasteiger partial charge in [-0.2, -0.15) is 0 Å². The number of benzene rings is 1. The highest BCUT2D eigenvalue weighted by Crippen LogP contribution is 2.34. The summed E-state index contributed by atoms with van der Waals surface area (Å²) in [5, 5.41) is 0.901. The lowest BCUT2D eigenvalue weighted by atomic mass is 10.2. The zero-order valence-corrected chi connectivity index (χ0v) is 12.9. The van der Waals surface area contributed by atoms with E-state index in [1.54, 1.807) is 6.20 Å². The van der Waals surface area contributed by atoms with Gasteiger partial charge in [-0.05, 0) is 37.4 Å². The van der Waals surface area contributed by atoms with Crippen molar-refractivity contribution < 1.29 is 9.15 Å². The second-order valence-corrected chi connectivity index (χ2v) is 5.53. The summed E-state index contributed by atoms with van der Waals surface area (Å²) in [5.74, 6) is 0.486. The molecule has 2 heterocycles. The van der Waals surface area contributed by atoms with E-state index in [9.17, 15) is 0 Å². The number of hydrogen-bond donors (Lipinski definition) is 0. The van der Waals surface area contributed by atoms with Gasteiger partial charge in [-0.25, -0.2) is 4.98 Å². The van der Waals surface area contributed by atoms with Gasteiger partial charge in [0.15, 0.2) is 5.58 Å². The average molecular weight is 383 g/mol. The van der Waals surface area contributed by atoms with Crippen molar-refractivity contribution in [1.29, 1.82) is 0 Å². The van der Waals surface area contributed by atoms with Crippen molar-refractivity contribution >= 4 is 42.8 Å². The maximum absolute atomic E-state index is 5.66. The Morgan fingerprint density at radius 2 is 1.95 bits per heavy atom. The van der Waals surface area contributed by atoms with E-state index in [2.05, 4.69) is 36.8 Å². The molecular weight excluding hydrogens is 374 g/mol. The topological polar surface area (TPSA) is 35.3 Å². The summed E-state index contributed by atoms with van der Waals surface area (Å²) in [5.41, 5.74) is 1.83. The summed E-state index contributed by atoms with van der Waals surface area (Å²) in [6.07, 6.45) is 1.74. The Bertz CT molecular complexity index is 710. The third-order valence-electron chi connectivity index (χ3n) is 2.66. The summed E-state index contributed by atoms with van der Waals surface area (Å²) in [4.78, 5) is 4.19. The Kier molecular flexibility index (Phi) is 3.57. The number of hydrogen-bond acceptors (Lipinski definition) is 3. The monoisotopic (exact) mass is 381 g/mol. The SMILES string of the molecule is Brc1ncc2cc(OCc3ccccc3)oc2c1Br. The van der Waals surface area contributed by atoms with E-state index in [4.69, 9.17) is 9.15 Å². The summed E-state index contributed by atoms with van der Waals surface area (Å²) < 4.78 is 12.8. The molecule has 0 saturated heterocycles. The Labute approximate surface area is 126 Å². The predicted octanol–water partition coefficient (Wildman–Crippen LogP) is 4.93. The minimum absolute atomic E-state index is 0.479. The fourth-order valence-electron chi connectivity index (χ4n) is 1.73. The molecule has 1 aromatic carbocycles. The molecule has 3 aromatic rings. The van der Waals surface area contributed by atoms with Crippen molar-refractivity contribution in [2.75, 3.05) is 0 Å². The van der Waals surface area contributed by atoms with Crippen LogP contribution in [0, 0.1) is 0 Å². The first kappa shape index (κ1) is 12.7. The van der Waals surface area contributed by atoms with E-state index in [-0.39, 0.29) is 0 Å². The van der Waals surface area contributed by atoms with E-state index in [1.165, 1.54) is 0 Å². The smallest absolute Gasteiger partial charge is 0.285 e. The van der Waals surface area contributed by atoms with Gasteiger partial charge in [0.25, 0.3) is 5.95 Å². The third-order valence-corrected chi connectivity index (χ3v) is 4.53. The van der Waals surface area contributed by atoms with Crippen LogP contribution >= 0.6 is 31.9 Å². The van der Waals surface area contributed by atoms with Crippen LogP contribution in [0.2, 0.25) is 0 Å². The Balaban J connectivity index is 1.84. The van der Waals surface area contributed by atoms with Gasteiger partial charge in [0.05, 0.1) is 4.47 Å². The number of rotatable bonds is 3. The zero-order valence-electron chi connectivity index (χ0n) is 9.77. The Morgan fingerprint density at radius 3 is 2.74 bits per heavy atom. The number of furan rings is 1. The molecule has 0 N–H and O–H groups in total. The highest BCUT2D eigenvalue weighted by Gasteiger charge is 2.11. The van der Waals surface area contributed by atoms with Crippen LogP contribution in [0.4, 0.5) is 0 Å². The molecule has 0 saturated carbocycles. The van der Waals surface area contributed by atoms with Crippen LogP contribution in [0.5, 0.6) is 5.95 Å². The highest BCUT2D eigenvalue weighted by atomic mass is 79.9. The normalized spacial score (nSPS) is 10.8. The van der Waals surface area contributed by atoms with Crippen molar-refractivity contribution in [2.24, 2.45) is 0 Å². The first-order valence-corrected chi connectivity index (χ1v) is 7.23. The van der Waals surface area contributed by atoms with Crippen LogP contribution in [0.3, 0.4) is 0 Å². The molecule has 0 amide bonds. The molecule has 96 valence electrons. The van der Waals surface area contributed by atoms with Crippen molar-refractivity contribution in [3.05, 3.63) is 57.2 Å². The molecule has 19 heavy (non-hydrogen) atoms. The first-order valence-electron chi connectivity index (χ1n) is 5.64. The van der Waals surface area contributed by atoms with Crippen LogP contribution in [0.25, 0.3) is 11.0 Å². The number of fused-ring (bicyclic) bond motifs is 1. The number of nitrogens with zero attached hydrogens (tertiary/aromatic N) is 1. The van der Waals surface area contributed by atoms with Gasteiger partial charge in [0, 0.05) is 17.6 Å². The van der Waals surface area contributed by atoms with E-state index >= 15 is 0 Å². The van der Waals surface area contributed by atoms with Gasteiger partial charge in [-0.15, -0.1) is 0 Å². The van der Waals surface area contributed by atoms with Gasteiger partial charge < -0.3 is 9.15 Å². The average Bonchev–Trinajstić information content (AvgIpc) is 2.86. The van der Waals surface area contributed by atoms with Crippen molar-refractivity contribution in [3.8, 4) is 5.95 Å². The second-order valence-electron chi connectivity index (χ2n) is 3.99. The molecular formula is C14H9Br2NO2. The Morgan fingerprint density at radius 1 is 1.16 bits per heavy atom. The first-order chi connectivity index (χ1) is 9.24. The highest BCUT2D eigenvalue weighted by molar-refractivity contribution is 9.13. The fraction of sp³-hybridized carbons (Fsp3) is 0.0714. The lowest BCUT2D eigenvalue weighted by molar-refractivity contribution is 0.239. The molecule has 0 radical (unpaired) electrons. The maximum Gasteiger partial charge on any atom is 0.285 e. The van der Waals surface area contributed by atoms with E-state index in [0.717, 1.165) is 21.0 Å². The molecule has 0 spiro atoms. The number of halogens is 2. The Hall–Kier alpha value is -1.33. The van der Waals surface area contributed by atoms with Crippen LogP contribution < -0.4 is 4.74 Å². The van der Waals surface area contributed by atoms with Crippen LogP contribution in [-0.2, 0) is 6.61 Å². The van der Waals surface area contributed by atoms with E-state index < -0.39 is 0 Å². The van der Waals surface area contributed by atoms with Crippen LogP contribution in [0.15, 0.2) is 56.1 Å². The van der Waals surface area contributed by atoms with Gasteiger partial charge >= 0.3 is 0 Å². The van der Waals surface area contributed by atoms with Crippen LogP contribution in [0.1, 0.15) is 5.56 Å². The molecule has 5 heteroatoms. The molecule has 0 aliphatic rings. The summed E-state index contributed by atoms with van der Waals surface area (Å²) in [6.45, 7) is 0.479. The molecule has 0 atom stereocenters. The third kappa shape index (κ3) is 2.67. The van der Waals surface area contributed by atoms with Crippen molar-refractivity contribution in [3.63, 3.8) is 0 Å². The van der Waals surface area contributed by atoms with Gasteiger partial charge in [0.2, 0.25) is 0 Å². The molecule has 0 bridgehead atoms. The minimum Gasteiger partial charge on any atom is -0.460 e. The molecule has 0 fully saturated rings. The molecule has 0 aliphatic heterocycles. The van der Waals surface area contributed by atoms with E-state index in [1.807, 2.05) is 36.4 Å². The number of aromatic nitrogens is 1. The van der Waals surface area contributed by atoms with Crippen molar-refractivity contribution in [2.45, 2.75) is 6.61 Å². The largest absolute Gasteiger partial charge is 0.460 e. The maximum atomic E-state index is 5.66. The summed E-state index contributed by atoms with van der Waals surface area (Å²) in [7, 11) is 0. The summed E-state index contributed by atoms with van der Waals surface area (Å²) >= 11 is 6.77. The molecule has 3 rings (SSSR count). The minimum atomic E-state index is 0.479. The lowest BCUT2D eigenvalue weighted by Gasteiger charge is -2.01. The van der Waals surface area contributed by atoms with E-state index in [0.29, 0.717) is 17.2 Å².